The van der Waals surface area contributed by atoms with Crippen molar-refractivity contribution in [3.05, 3.63) is 0 Å². The number of carbonyl (C=O) groups excluding carboxylic acids is 1. The van der Waals surface area contributed by atoms with Crippen LogP contribution in [0.15, 0.2) is 0 Å². The van der Waals surface area contributed by atoms with Crippen molar-refractivity contribution in [3.63, 3.8) is 0 Å². The second-order valence-corrected chi connectivity index (χ2v) is 6.65. The van der Waals surface area contributed by atoms with Gasteiger partial charge in [0.05, 0.1) is 5.38 Å². The summed E-state index contributed by atoms with van der Waals surface area (Å²) >= 11 is 6.13. The summed E-state index contributed by atoms with van der Waals surface area (Å²) < 4.78 is 0. The molecular weight excluding hydrogens is 222 g/mol. The number of alkyl halides is 1. The topological polar surface area (TPSA) is 29.1 Å². The van der Waals surface area contributed by atoms with Gasteiger partial charge >= 0.3 is 0 Å². The quantitative estimate of drug-likeness (QED) is 0.760. The minimum absolute atomic E-state index is 0.133. The maximum Gasteiger partial charge on any atom is 0.220 e. The summed E-state index contributed by atoms with van der Waals surface area (Å²) in [5.74, 6) is 0.544. The smallest absolute Gasteiger partial charge is 0.220 e. The van der Waals surface area contributed by atoms with Crippen molar-refractivity contribution in [3.8, 4) is 0 Å². The molecule has 1 fully saturated rings. The Hall–Kier alpha value is -0.240. The lowest BCUT2D eigenvalue weighted by Crippen LogP contribution is -2.39. The Morgan fingerprint density at radius 1 is 1.44 bits per heavy atom. The van der Waals surface area contributed by atoms with Crippen LogP contribution in [0.25, 0.3) is 0 Å². The number of amides is 1. The van der Waals surface area contributed by atoms with Gasteiger partial charge in [-0.05, 0) is 30.6 Å². The zero-order valence-electron chi connectivity index (χ0n) is 10.8. The molecule has 0 spiro atoms. The van der Waals surface area contributed by atoms with Gasteiger partial charge in [0.25, 0.3) is 0 Å². The lowest BCUT2D eigenvalue weighted by Gasteiger charge is -2.27. The second-order valence-electron chi connectivity index (χ2n) is 6.09. The van der Waals surface area contributed by atoms with E-state index in [0.29, 0.717) is 12.3 Å². The number of rotatable bonds is 3. The van der Waals surface area contributed by atoms with Crippen molar-refractivity contribution in [1.29, 1.82) is 0 Å². The van der Waals surface area contributed by atoms with Gasteiger partial charge in [-0.15, -0.1) is 11.6 Å². The number of hydrogen-bond donors (Lipinski definition) is 1. The van der Waals surface area contributed by atoms with Gasteiger partial charge in [0, 0.05) is 12.5 Å². The first kappa shape index (κ1) is 13.8. The molecule has 94 valence electrons. The minimum Gasteiger partial charge on any atom is -0.352 e. The van der Waals surface area contributed by atoms with E-state index in [1.807, 2.05) is 0 Å². The molecule has 0 heterocycles. The fraction of sp³-hybridized carbons (Fsp3) is 0.923. The van der Waals surface area contributed by atoms with Crippen molar-refractivity contribution >= 4 is 17.5 Å². The van der Waals surface area contributed by atoms with Crippen LogP contribution >= 0.6 is 11.6 Å². The van der Waals surface area contributed by atoms with Crippen LogP contribution < -0.4 is 5.32 Å². The highest BCUT2D eigenvalue weighted by molar-refractivity contribution is 6.21. The first-order valence-electron chi connectivity index (χ1n) is 6.24. The molecule has 3 heteroatoms. The molecular formula is C13H24ClNO. The van der Waals surface area contributed by atoms with Crippen LogP contribution in [0, 0.1) is 11.3 Å². The molecule has 1 aliphatic carbocycles. The summed E-state index contributed by atoms with van der Waals surface area (Å²) in [6.07, 6.45) is 3.79. The van der Waals surface area contributed by atoms with E-state index < -0.39 is 0 Å². The molecule has 2 nitrogen and oxygen atoms in total. The van der Waals surface area contributed by atoms with E-state index in [4.69, 9.17) is 11.6 Å². The summed E-state index contributed by atoms with van der Waals surface area (Å²) in [6, 6.07) is 0.196. The third-order valence-electron chi connectivity index (χ3n) is 3.75. The number of carbonyl (C=O) groups is 1. The van der Waals surface area contributed by atoms with E-state index in [9.17, 15) is 4.79 Å². The highest BCUT2D eigenvalue weighted by Gasteiger charge is 2.28. The third-order valence-corrected chi connectivity index (χ3v) is 4.27. The molecule has 0 radical (unpaired) electrons. The summed E-state index contributed by atoms with van der Waals surface area (Å²) in [7, 11) is 0. The summed E-state index contributed by atoms with van der Waals surface area (Å²) in [5, 5.41) is 3.19. The van der Waals surface area contributed by atoms with E-state index in [1.54, 1.807) is 0 Å². The van der Waals surface area contributed by atoms with Gasteiger partial charge in [0.1, 0.15) is 0 Å². The van der Waals surface area contributed by atoms with E-state index >= 15 is 0 Å². The van der Waals surface area contributed by atoms with E-state index in [-0.39, 0.29) is 22.7 Å². The third kappa shape index (κ3) is 3.97. The number of hydrogen-bond acceptors (Lipinski definition) is 1. The minimum atomic E-state index is 0.133. The molecule has 16 heavy (non-hydrogen) atoms. The van der Waals surface area contributed by atoms with Crippen LogP contribution in [0.1, 0.15) is 53.4 Å². The number of halogens is 1. The van der Waals surface area contributed by atoms with Crippen LogP contribution in [-0.2, 0) is 4.79 Å². The molecule has 3 unspecified atom stereocenters. The largest absolute Gasteiger partial charge is 0.352 e. The molecule has 1 saturated carbocycles. The SMILES string of the molecule is CC(CC(=O)NC1CCCC1Cl)C(C)(C)C. The molecule has 1 N–H and O–H groups in total. The first-order chi connectivity index (χ1) is 7.30. The van der Waals surface area contributed by atoms with Crippen LogP contribution in [0.5, 0.6) is 0 Å². The van der Waals surface area contributed by atoms with E-state index in [0.717, 1.165) is 19.3 Å². The molecule has 1 amide bonds. The Morgan fingerprint density at radius 3 is 2.50 bits per heavy atom. The predicted octanol–water partition coefficient (Wildman–Crippen LogP) is 3.33. The first-order valence-corrected chi connectivity index (χ1v) is 6.68. The monoisotopic (exact) mass is 245 g/mol. The fourth-order valence-electron chi connectivity index (χ4n) is 1.93. The Morgan fingerprint density at radius 2 is 2.06 bits per heavy atom. The van der Waals surface area contributed by atoms with Crippen molar-refractivity contribution < 1.29 is 4.79 Å². The van der Waals surface area contributed by atoms with Crippen molar-refractivity contribution in [1.82, 2.24) is 5.32 Å². The van der Waals surface area contributed by atoms with Crippen LogP contribution in [-0.4, -0.2) is 17.3 Å². The average molecular weight is 246 g/mol. The molecule has 1 aliphatic rings. The van der Waals surface area contributed by atoms with E-state index in [1.165, 1.54) is 0 Å². The zero-order valence-corrected chi connectivity index (χ0v) is 11.6. The summed E-state index contributed by atoms with van der Waals surface area (Å²) in [5.41, 5.74) is 0.188. The van der Waals surface area contributed by atoms with Crippen molar-refractivity contribution in [2.75, 3.05) is 0 Å². The highest BCUT2D eigenvalue weighted by atomic mass is 35.5. The Kier molecular flexibility index (Phi) is 4.66. The lowest BCUT2D eigenvalue weighted by molar-refractivity contribution is -0.123. The molecule has 0 saturated heterocycles. The average Bonchev–Trinajstić information content (AvgIpc) is 2.50. The van der Waals surface area contributed by atoms with Crippen LogP contribution in [0.4, 0.5) is 0 Å². The summed E-state index contributed by atoms with van der Waals surface area (Å²) in [4.78, 5) is 11.8. The Balaban J connectivity index is 2.36. The molecule has 0 aliphatic heterocycles. The standard InChI is InChI=1S/C13H24ClNO/c1-9(13(2,3)4)8-12(16)15-11-7-5-6-10(11)14/h9-11H,5-8H2,1-4H3,(H,15,16). The predicted molar refractivity (Wildman–Crippen MR) is 68.7 cm³/mol. The normalized spacial score (nSPS) is 27.8. The summed E-state index contributed by atoms with van der Waals surface area (Å²) in [6.45, 7) is 8.65. The molecule has 0 aromatic carbocycles. The lowest BCUT2D eigenvalue weighted by atomic mass is 9.80. The highest BCUT2D eigenvalue weighted by Crippen LogP contribution is 2.28. The number of nitrogens with one attached hydrogen (secondary N) is 1. The molecule has 3 atom stereocenters. The van der Waals surface area contributed by atoms with Gasteiger partial charge in [-0.25, -0.2) is 0 Å². The van der Waals surface area contributed by atoms with Gasteiger partial charge in [0.2, 0.25) is 5.91 Å². The maximum absolute atomic E-state index is 11.8. The molecule has 1 rings (SSSR count). The van der Waals surface area contributed by atoms with Crippen molar-refractivity contribution in [2.24, 2.45) is 11.3 Å². The van der Waals surface area contributed by atoms with Gasteiger partial charge in [0.15, 0.2) is 0 Å². The second kappa shape index (κ2) is 5.39. The fourth-order valence-corrected chi connectivity index (χ4v) is 2.27. The van der Waals surface area contributed by atoms with Gasteiger partial charge < -0.3 is 5.32 Å². The Bertz CT molecular complexity index is 241. The van der Waals surface area contributed by atoms with Gasteiger partial charge in [-0.1, -0.05) is 27.7 Å². The molecule has 0 bridgehead atoms. The Labute approximate surface area is 104 Å². The van der Waals surface area contributed by atoms with Crippen LogP contribution in [0.2, 0.25) is 0 Å². The molecule has 0 aromatic heterocycles. The van der Waals surface area contributed by atoms with E-state index in [2.05, 4.69) is 33.0 Å². The van der Waals surface area contributed by atoms with Crippen molar-refractivity contribution in [2.45, 2.75) is 64.8 Å². The van der Waals surface area contributed by atoms with Gasteiger partial charge in [-0.2, -0.15) is 0 Å². The maximum atomic E-state index is 11.8. The zero-order chi connectivity index (χ0) is 12.3. The van der Waals surface area contributed by atoms with Crippen LogP contribution in [0.3, 0.4) is 0 Å². The molecule has 0 aromatic rings. The van der Waals surface area contributed by atoms with Gasteiger partial charge in [-0.3, -0.25) is 4.79 Å².